The molecule has 9 heteroatoms. The number of nitrogens with one attached hydrogen (secondary N) is 1. The number of sulfonamides is 1. The Balaban J connectivity index is 1.90. The molecule has 0 unspecified atom stereocenters. The van der Waals surface area contributed by atoms with E-state index in [0.29, 0.717) is 26.1 Å². The van der Waals surface area contributed by atoms with E-state index in [1.807, 2.05) is 12.3 Å². The summed E-state index contributed by atoms with van der Waals surface area (Å²) in [5, 5.41) is 6.90. The molecular weight excluding hydrogens is 310 g/mol. The minimum absolute atomic E-state index is 0.176. The van der Waals surface area contributed by atoms with E-state index < -0.39 is 10.0 Å². The third-order valence-electron chi connectivity index (χ3n) is 2.81. The molecule has 3 N–H and O–H groups in total. The summed E-state index contributed by atoms with van der Waals surface area (Å²) < 4.78 is 28.4. The van der Waals surface area contributed by atoms with E-state index in [-0.39, 0.29) is 4.90 Å². The van der Waals surface area contributed by atoms with Gasteiger partial charge in [0.2, 0.25) is 10.0 Å². The van der Waals surface area contributed by atoms with Crippen LogP contribution in [0.2, 0.25) is 0 Å². The van der Waals surface area contributed by atoms with Gasteiger partial charge in [-0.15, -0.1) is 11.3 Å². The molecule has 21 heavy (non-hydrogen) atoms. The monoisotopic (exact) mass is 329 g/mol. The Hall–Kier alpha value is -1.29. The molecule has 2 rings (SSSR count). The molecule has 0 amide bonds. The molecule has 0 fully saturated rings. The number of nitrogens with two attached hydrogens (primary N) is 1. The van der Waals surface area contributed by atoms with Gasteiger partial charge in [0.05, 0.1) is 11.2 Å². The normalized spacial score (nSPS) is 11.9. The molecule has 116 valence electrons. The summed E-state index contributed by atoms with van der Waals surface area (Å²) in [4.78, 5) is 4.47. The fourth-order valence-corrected chi connectivity index (χ4v) is 3.51. The molecule has 0 aliphatic rings. The van der Waals surface area contributed by atoms with Crippen molar-refractivity contribution in [1.82, 2.24) is 19.5 Å². The van der Waals surface area contributed by atoms with E-state index in [4.69, 9.17) is 5.73 Å². The van der Waals surface area contributed by atoms with Crippen molar-refractivity contribution in [2.24, 2.45) is 5.73 Å². The Labute approximate surface area is 128 Å². The van der Waals surface area contributed by atoms with Gasteiger partial charge in [-0.1, -0.05) is 0 Å². The summed E-state index contributed by atoms with van der Waals surface area (Å²) in [6.45, 7) is 3.40. The lowest BCUT2D eigenvalue weighted by molar-refractivity contribution is 0.576. The highest BCUT2D eigenvalue weighted by atomic mass is 32.2. The Bertz CT molecular complexity index is 677. The molecule has 2 aromatic heterocycles. The van der Waals surface area contributed by atoms with Crippen molar-refractivity contribution in [3.8, 4) is 0 Å². The van der Waals surface area contributed by atoms with Crippen LogP contribution in [0.5, 0.6) is 0 Å². The second-order valence-electron chi connectivity index (χ2n) is 4.61. The van der Waals surface area contributed by atoms with Crippen LogP contribution in [0.25, 0.3) is 0 Å². The molecule has 0 saturated carbocycles. The highest BCUT2D eigenvalue weighted by Gasteiger charge is 2.16. The van der Waals surface area contributed by atoms with Gasteiger partial charge in [0.15, 0.2) is 0 Å². The number of thiazole rings is 1. The van der Waals surface area contributed by atoms with Crippen LogP contribution in [0, 0.1) is 6.92 Å². The summed E-state index contributed by atoms with van der Waals surface area (Å²) >= 11 is 1.53. The maximum Gasteiger partial charge on any atom is 0.243 e. The summed E-state index contributed by atoms with van der Waals surface area (Å²) in [6, 6.07) is 0. The zero-order valence-electron chi connectivity index (χ0n) is 11.8. The van der Waals surface area contributed by atoms with Crippen molar-refractivity contribution in [3.05, 3.63) is 28.5 Å². The molecule has 2 heterocycles. The lowest BCUT2D eigenvalue weighted by Gasteiger charge is -2.03. The zero-order valence-corrected chi connectivity index (χ0v) is 13.5. The Morgan fingerprint density at radius 3 is 2.95 bits per heavy atom. The van der Waals surface area contributed by atoms with E-state index in [9.17, 15) is 8.42 Å². The van der Waals surface area contributed by atoms with E-state index >= 15 is 0 Å². The van der Waals surface area contributed by atoms with Gasteiger partial charge < -0.3 is 5.73 Å². The Morgan fingerprint density at radius 1 is 1.48 bits per heavy atom. The number of aryl methyl sites for hydroxylation is 2. The first-order chi connectivity index (χ1) is 10.0. The first-order valence-corrected chi connectivity index (χ1v) is 9.01. The average Bonchev–Trinajstić information content (AvgIpc) is 3.06. The third-order valence-corrected chi connectivity index (χ3v) is 5.25. The zero-order chi connectivity index (χ0) is 15.3. The van der Waals surface area contributed by atoms with Gasteiger partial charge in [0.1, 0.15) is 4.90 Å². The second-order valence-corrected chi connectivity index (χ2v) is 7.32. The number of nitrogens with zero attached hydrogens (tertiary/aromatic N) is 3. The summed E-state index contributed by atoms with van der Waals surface area (Å²) in [7, 11) is -3.52. The Kier molecular flexibility index (Phi) is 5.45. The van der Waals surface area contributed by atoms with Crippen molar-refractivity contribution in [3.63, 3.8) is 0 Å². The molecule has 7 nitrogen and oxygen atoms in total. The number of aromatic nitrogens is 3. The van der Waals surface area contributed by atoms with E-state index in [0.717, 1.165) is 17.1 Å². The molecule has 0 spiro atoms. The van der Waals surface area contributed by atoms with Crippen molar-refractivity contribution < 1.29 is 8.42 Å². The van der Waals surface area contributed by atoms with Crippen LogP contribution >= 0.6 is 11.3 Å². The van der Waals surface area contributed by atoms with Crippen LogP contribution in [0.15, 0.2) is 22.7 Å². The molecule has 0 saturated heterocycles. The topological polar surface area (TPSA) is 103 Å². The smallest absolute Gasteiger partial charge is 0.243 e. The molecule has 2 aromatic rings. The lowest BCUT2D eigenvalue weighted by atomic mass is 10.4. The van der Waals surface area contributed by atoms with Crippen LogP contribution in [0.4, 0.5) is 0 Å². The van der Waals surface area contributed by atoms with Gasteiger partial charge in [-0.3, -0.25) is 4.68 Å². The highest BCUT2D eigenvalue weighted by Crippen LogP contribution is 2.10. The SMILES string of the molecule is Cc1csc(CCNS(=O)(=O)c2cnn(CCCN)c2)n1. The van der Waals surface area contributed by atoms with Gasteiger partial charge in [-0.2, -0.15) is 5.10 Å². The fraction of sp³-hybridized carbons (Fsp3) is 0.500. The molecule has 0 radical (unpaired) electrons. The quantitative estimate of drug-likeness (QED) is 0.735. The summed E-state index contributed by atoms with van der Waals surface area (Å²) in [6.07, 6.45) is 4.22. The first-order valence-electron chi connectivity index (χ1n) is 6.64. The number of rotatable bonds is 8. The summed E-state index contributed by atoms with van der Waals surface area (Å²) in [5.74, 6) is 0. The molecule has 0 bridgehead atoms. The Morgan fingerprint density at radius 2 is 2.29 bits per heavy atom. The maximum absolute atomic E-state index is 12.1. The van der Waals surface area contributed by atoms with Gasteiger partial charge in [0.25, 0.3) is 0 Å². The third kappa shape index (κ3) is 4.60. The minimum Gasteiger partial charge on any atom is -0.330 e. The fourth-order valence-electron chi connectivity index (χ4n) is 1.75. The number of hydrogen-bond donors (Lipinski definition) is 2. The van der Waals surface area contributed by atoms with Gasteiger partial charge >= 0.3 is 0 Å². The van der Waals surface area contributed by atoms with E-state index in [2.05, 4.69) is 14.8 Å². The molecule has 0 aliphatic heterocycles. The second kappa shape index (κ2) is 7.12. The molecular formula is C12H19N5O2S2. The van der Waals surface area contributed by atoms with Gasteiger partial charge in [-0.05, 0) is 19.9 Å². The molecule has 0 aliphatic carbocycles. The van der Waals surface area contributed by atoms with Crippen LogP contribution in [-0.2, 0) is 23.0 Å². The van der Waals surface area contributed by atoms with Crippen LogP contribution in [0.1, 0.15) is 17.1 Å². The van der Waals surface area contributed by atoms with Crippen molar-refractivity contribution in [1.29, 1.82) is 0 Å². The first kappa shape index (κ1) is 16.1. The van der Waals surface area contributed by atoms with Gasteiger partial charge in [-0.25, -0.2) is 18.1 Å². The standard InChI is InChI=1S/C12H19N5O2S2/c1-10-9-20-12(16-10)3-5-15-21(18,19)11-7-14-17(8-11)6-2-4-13/h7-9,15H,2-6,13H2,1H3. The van der Waals surface area contributed by atoms with Crippen molar-refractivity contribution in [2.45, 2.75) is 31.2 Å². The molecule has 0 atom stereocenters. The molecule has 0 aromatic carbocycles. The average molecular weight is 329 g/mol. The summed E-state index contributed by atoms with van der Waals surface area (Å²) in [5.41, 5.74) is 6.37. The minimum atomic E-state index is -3.52. The predicted molar refractivity (Wildman–Crippen MR) is 81.6 cm³/mol. The van der Waals surface area contributed by atoms with Crippen LogP contribution in [0.3, 0.4) is 0 Å². The van der Waals surface area contributed by atoms with Gasteiger partial charge in [0, 0.05) is 36.8 Å². The van der Waals surface area contributed by atoms with E-state index in [1.165, 1.54) is 23.7 Å². The van der Waals surface area contributed by atoms with Crippen LogP contribution < -0.4 is 10.5 Å². The maximum atomic E-state index is 12.1. The predicted octanol–water partition coefficient (Wildman–Crippen LogP) is 0.518. The van der Waals surface area contributed by atoms with Crippen molar-refractivity contribution >= 4 is 21.4 Å². The van der Waals surface area contributed by atoms with E-state index in [1.54, 1.807) is 4.68 Å². The lowest BCUT2D eigenvalue weighted by Crippen LogP contribution is -2.25. The van der Waals surface area contributed by atoms with Crippen LogP contribution in [-0.4, -0.2) is 36.3 Å². The highest BCUT2D eigenvalue weighted by molar-refractivity contribution is 7.89. The largest absolute Gasteiger partial charge is 0.330 e. The number of hydrogen-bond acceptors (Lipinski definition) is 6. The van der Waals surface area contributed by atoms with Crippen molar-refractivity contribution in [2.75, 3.05) is 13.1 Å².